The van der Waals surface area contributed by atoms with Gasteiger partial charge in [-0.3, -0.25) is 19.6 Å². The molecule has 3 rings (SSSR count). The highest BCUT2D eigenvalue weighted by molar-refractivity contribution is 7.92. The predicted molar refractivity (Wildman–Crippen MR) is 116 cm³/mol. The van der Waals surface area contributed by atoms with Crippen molar-refractivity contribution >= 4 is 33.0 Å². The molecule has 10 heteroatoms. The second kappa shape index (κ2) is 9.26. The molecule has 1 amide bonds. The van der Waals surface area contributed by atoms with Crippen molar-refractivity contribution in [2.75, 3.05) is 10.0 Å². The molecule has 9 nitrogen and oxygen atoms in total. The fraction of sp³-hybridized carbons (Fsp3) is 0.0952. The summed E-state index contributed by atoms with van der Waals surface area (Å²) in [7, 11) is -3.78. The van der Waals surface area contributed by atoms with E-state index in [1.165, 1.54) is 49.4 Å². The molecule has 1 unspecified atom stereocenters. The van der Waals surface area contributed by atoms with Crippen LogP contribution in [0, 0.1) is 10.1 Å². The van der Waals surface area contributed by atoms with E-state index in [0.717, 1.165) is 0 Å². The minimum Gasteiger partial charge on any atom is -0.474 e. The molecule has 0 fully saturated rings. The summed E-state index contributed by atoms with van der Waals surface area (Å²) in [4.78, 5) is 22.9. The minimum absolute atomic E-state index is 0.0245. The molecule has 160 valence electrons. The molecule has 3 aromatic rings. The van der Waals surface area contributed by atoms with Gasteiger partial charge in [0.15, 0.2) is 11.9 Å². The van der Waals surface area contributed by atoms with Crippen LogP contribution >= 0.6 is 0 Å². The van der Waals surface area contributed by atoms with Crippen LogP contribution in [-0.2, 0) is 14.8 Å². The first-order valence-corrected chi connectivity index (χ1v) is 10.6. The molecule has 31 heavy (non-hydrogen) atoms. The van der Waals surface area contributed by atoms with E-state index < -0.39 is 27.0 Å². The maximum Gasteiger partial charge on any atom is 0.310 e. The number of carbonyl (C=O) groups excluding carboxylic acids is 1. The molecule has 1 atom stereocenters. The molecule has 2 N–H and O–H groups in total. The van der Waals surface area contributed by atoms with Crippen LogP contribution < -0.4 is 14.8 Å². The summed E-state index contributed by atoms with van der Waals surface area (Å²) in [5.41, 5.74) is 0.533. The predicted octanol–water partition coefficient (Wildman–Crippen LogP) is 3.80. The molecule has 0 aliphatic heterocycles. The van der Waals surface area contributed by atoms with Crippen LogP contribution in [0.5, 0.6) is 5.75 Å². The number of nitro groups is 1. The maximum absolute atomic E-state index is 12.5. The van der Waals surface area contributed by atoms with E-state index in [0.29, 0.717) is 11.4 Å². The highest BCUT2D eigenvalue weighted by Crippen LogP contribution is 2.27. The number of rotatable bonds is 8. The second-order valence-corrected chi connectivity index (χ2v) is 8.15. The van der Waals surface area contributed by atoms with Gasteiger partial charge in [-0.2, -0.15) is 0 Å². The smallest absolute Gasteiger partial charge is 0.310 e. The normalized spacial score (nSPS) is 11.9. The summed E-state index contributed by atoms with van der Waals surface area (Å²) in [5, 5.41) is 13.7. The number of ether oxygens (including phenoxy) is 1. The number of amides is 1. The zero-order valence-electron chi connectivity index (χ0n) is 16.4. The monoisotopic (exact) mass is 441 g/mol. The summed E-state index contributed by atoms with van der Waals surface area (Å²) in [6, 6.07) is 19.8. The summed E-state index contributed by atoms with van der Waals surface area (Å²) >= 11 is 0. The van der Waals surface area contributed by atoms with Gasteiger partial charge in [-0.25, -0.2) is 8.42 Å². The van der Waals surface area contributed by atoms with Gasteiger partial charge < -0.3 is 10.1 Å². The van der Waals surface area contributed by atoms with Crippen molar-refractivity contribution in [3.63, 3.8) is 0 Å². The summed E-state index contributed by atoms with van der Waals surface area (Å²) in [6.45, 7) is 1.45. The lowest BCUT2D eigenvalue weighted by Crippen LogP contribution is -2.30. The van der Waals surface area contributed by atoms with Crippen molar-refractivity contribution in [1.29, 1.82) is 0 Å². The first-order valence-electron chi connectivity index (χ1n) is 9.15. The number of hydrogen-bond donors (Lipinski definition) is 2. The fourth-order valence-electron chi connectivity index (χ4n) is 2.63. The molecule has 0 aliphatic carbocycles. The van der Waals surface area contributed by atoms with Crippen LogP contribution in [0.4, 0.5) is 17.1 Å². The molecule has 0 spiro atoms. The number of para-hydroxylation sites is 3. The van der Waals surface area contributed by atoms with Gasteiger partial charge in [0.2, 0.25) is 0 Å². The number of anilines is 2. The van der Waals surface area contributed by atoms with Gasteiger partial charge in [0, 0.05) is 17.4 Å². The lowest BCUT2D eigenvalue weighted by Gasteiger charge is -2.15. The Bertz CT molecular complexity index is 1180. The van der Waals surface area contributed by atoms with Gasteiger partial charge in [-0.1, -0.05) is 30.3 Å². The zero-order chi connectivity index (χ0) is 22.4. The Morgan fingerprint density at radius 1 is 0.935 bits per heavy atom. The van der Waals surface area contributed by atoms with E-state index in [1.54, 1.807) is 36.4 Å². The number of nitro benzene ring substituents is 1. The largest absolute Gasteiger partial charge is 0.474 e. The number of benzene rings is 3. The Morgan fingerprint density at radius 2 is 1.55 bits per heavy atom. The van der Waals surface area contributed by atoms with Crippen LogP contribution in [0.2, 0.25) is 0 Å². The van der Waals surface area contributed by atoms with Crippen LogP contribution in [-0.4, -0.2) is 25.4 Å². The second-order valence-electron chi connectivity index (χ2n) is 6.47. The lowest BCUT2D eigenvalue weighted by molar-refractivity contribution is -0.386. The summed E-state index contributed by atoms with van der Waals surface area (Å²) in [6.07, 6.45) is -1.02. The molecule has 0 radical (unpaired) electrons. The van der Waals surface area contributed by atoms with Gasteiger partial charge in [-0.15, -0.1) is 0 Å². The molecule has 0 saturated heterocycles. The number of sulfonamides is 1. The minimum atomic E-state index is -3.78. The van der Waals surface area contributed by atoms with E-state index in [1.807, 2.05) is 0 Å². The molecule has 0 bridgehead atoms. The molecule has 0 aliphatic rings. The fourth-order valence-corrected chi connectivity index (χ4v) is 3.69. The van der Waals surface area contributed by atoms with Crippen molar-refractivity contribution in [2.45, 2.75) is 17.9 Å². The third-order valence-electron chi connectivity index (χ3n) is 4.19. The molecule has 3 aromatic carbocycles. The highest BCUT2D eigenvalue weighted by atomic mass is 32.2. The van der Waals surface area contributed by atoms with Gasteiger partial charge in [-0.05, 0) is 49.4 Å². The average Bonchev–Trinajstić information content (AvgIpc) is 2.74. The standard InChI is InChI=1S/C21H19N3O6S/c1-15(30-20-10-6-5-9-19(20)24(26)27)21(25)22-16-11-13-18(14-12-16)31(28,29)23-17-7-3-2-4-8-17/h2-15,23H,1H3,(H,22,25). The molecular formula is C21H19N3O6S. The average molecular weight is 441 g/mol. The first-order chi connectivity index (χ1) is 14.8. The van der Waals surface area contributed by atoms with Crippen LogP contribution in [0.1, 0.15) is 6.92 Å². The Hall–Kier alpha value is -3.92. The van der Waals surface area contributed by atoms with Crippen LogP contribution in [0.3, 0.4) is 0 Å². The lowest BCUT2D eigenvalue weighted by atomic mass is 10.2. The SMILES string of the molecule is CC(Oc1ccccc1[N+](=O)[O-])C(=O)Nc1ccc(S(=O)(=O)Nc2ccccc2)cc1. The Kier molecular flexibility index (Phi) is 6.51. The summed E-state index contributed by atoms with van der Waals surface area (Å²) in [5.74, 6) is -0.570. The van der Waals surface area contributed by atoms with Crippen molar-refractivity contribution in [2.24, 2.45) is 0 Å². The molecule has 0 heterocycles. The first kappa shape index (κ1) is 21.8. The highest BCUT2D eigenvalue weighted by Gasteiger charge is 2.21. The van der Waals surface area contributed by atoms with Gasteiger partial charge >= 0.3 is 5.69 Å². The number of nitrogens with zero attached hydrogens (tertiary/aromatic N) is 1. The van der Waals surface area contributed by atoms with Crippen LogP contribution in [0.25, 0.3) is 0 Å². The van der Waals surface area contributed by atoms with Crippen molar-refractivity contribution in [3.05, 3.63) is 89.0 Å². The number of hydrogen-bond acceptors (Lipinski definition) is 6. The quantitative estimate of drug-likeness (QED) is 0.404. The number of nitrogens with one attached hydrogen (secondary N) is 2. The topological polar surface area (TPSA) is 128 Å². The van der Waals surface area contributed by atoms with E-state index in [9.17, 15) is 23.3 Å². The maximum atomic E-state index is 12.5. The Labute approximate surface area is 178 Å². The number of carbonyl (C=O) groups is 1. The Balaban J connectivity index is 1.65. The third-order valence-corrected chi connectivity index (χ3v) is 5.59. The van der Waals surface area contributed by atoms with Crippen molar-refractivity contribution < 1.29 is 22.9 Å². The molecular weight excluding hydrogens is 422 g/mol. The van der Waals surface area contributed by atoms with Crippen molar-refractivity contribution in [3.8, 4) is 5.75 Å². The van der Waals surface area contributed by atoms with Gasteiger partial charge in [0.25, 0.3) is 15.9 Å². The zero-order valence-corrected chi connectivity index (χ0v) is 17.2. The Morgan fingerprint density at radius 3 is 2.19 bits per heavy atom. The van der Waals surface area contributed by atoms with E-state index in [-0.39, 0.29) is 16.3 Å². The van der Waals surface area contributed by atoms with Gasteiger partial charge in [0.1, 0.15) is 0 Å². The molecule has 0 saturated carbocycles. The van der Waals surface area contributed by atoms with E-state index >= 15 is 0 Å². The van der Waals surface area contributed by atoms with E-state index in [2.05, 4.69) is 10.0 Å². The third kappa shape index (κ3) is 5.58. The van der Waals surface area contributed by atoms with E-state index in [4.69, 9.17) is 4.74 Å². The summed E-state index contributed by atoms with van der Waals surface area (Å²) < 4.78 is 32.8. The van der Waals surface area contributed by atoms with Crippen LogP contribution in [0.15, 0.2) is 83.8 Å². The molecule has 0 aromatic heterocycles. The van der Waals surface area contributed by atoms with Crippen molar-refractivity contribution in [1.82, 2.24) is 0 Å². The van der Waals surface area contributed by atoms with Gasteiger partial charge in [0.05, 0.1) is 9.82 Å².